The number of hydrogen-bond donors (Lipinski definition) is 1. The lowest BCUT2D eigenvalue weighted by Crippen LogP contribution is -2.49. The van der Waals surface area contributed by atoms with Gasteiger partial charge in [0.25, 0.3) is 0 Å². The predicted molar refractivity (Wildman–Crippen MR) is 119 cm³/mol. The number of aryl methyl sites for hydroxylation is 1. The highest BCUT2D eigenvalue weighted by Gasteiger charge is 2.20. The molecule has 0 saturated carbocycles. The summed E-state index contributed by atoms with van der Waals surface area (Å²) < 4.78 is 0. The fourth-order valence-electron chi connectivity index (χ4n) is 3.88. The van der Waals surface area contributed by atoms with Crippen LogP contribution in [0.5, 0.6) is 0 Å². The molecule has 2 aromatic rings. The Morgan fingerprint density at radius 1 is 0.966 bits per heavy atom. The molecule has 156 valence electrons. The van der Waals surface area contributed by atoms with Gasteiger partial charge in [-0.3, -0.25) is 14.6 Å². The number of carbonyl (C=O) groups excluding carboxylic acids is 1. The summed E-state index contributed by atoms with van der Waals surface area (Å²) in [5.41, 5.74) is 3.97. The van der Waals surface area contributed by atoms with Crippen LogP contribution in [0.3, 0.4) is 0 Å². The second-order valence-electron chi connectivity index (χ2n) is 8.17. The summed E-state index contributed by atoms with van der Waals surface area (Å²) in [5.74, 6) is 0.111. The maximum absolute atomic E-state index is 12.5. The van der Waals surface area contributed by atoms with Gasteiger partial charge in [-0.15, -0.1) is 0 Å². The van der Waals surface area contributed by atoms with Crippen LogP contribution in [-0.2, 0) is 11.3 Å². The van der Waals surface area contributed by atoms with E-state index in [-0.39, 0.29) is 11.9 Å². The van der Waals surface area contributed by atoms with Crippen molar-refractivity contribution in [3.05, 3.63) is 71.3 Å². The SMILES string of the molecule is Cc1ccccc1CN1CCN(CC(=O)NCC(c2ccccc2)N(C)C)CC1. The molecule has 0 aliphatic carbocycles. The number of benzene rings is 2. The highest BCUT2D eigenvalue weighted by molar-refractivity contribution is 5.78. The molecule has 1 saturated heterocycles. The zero-order valence-electron chi connectivity index (χ0n) is 18.0. The molecule has 1 amide bonds. The molecule has 29 heavy (non-hydrogen) atoms. The van der Waals surface area contributed by atoms with E-state index in [1.54, 1.807) is 0 Å². The van der Waals surface area contributed by atoms with E-state index in [0.29, 0.717) is 13.1 Å². The second kappa shape index (κ2) is 10.5. The third kappa shape index (κ3) is 6.39. The summed E-state index contributed by atoms with van der Waals surface area (Å²) in [6, 6.07) is 19.1. The van der Waals surface area contributed by atoms with Crippen molar-refractivity contribution in [3.8, 4) is 0 Å². The summed E-state index contributed by atoms with van der Waals surface area (Å²) >= 11 is 0. The van der Waals surface area contributed by atoms with Crippen molar-refractivity contribution in [2.45, 2.75) is 19.5 Å². The Bertz CT molecular complexity index is 769. The molecule has 5 nitrogen and oxygen atoms in total. The van der Waals surface area contributed by atoms with E-state index in [1.165, 1.54) is 16.7 Å². The monoisotopic (exact) mass is 394 g/mol. The van der Waals surface area contributed by atoms with Gasteiger partial charge >= 0.3 is 0 Å². The normalized spacial score (nSPS) is 16.7. The zero-order valence-corrected chi connectivity index (χ0v) is 18.0. The summed E-state index contributed by atoms with van der Waals surface area (Å²) in [7, 11) is 4.11. The van der Waals surface area contributed by atoms with Gasteiger partial charge in [0.05, 0.1) is 12.6 Å². The third-order valence-corrected chi connectivity index (χ3v) is 5.79. The highest BCUT2D eigenvalue weighted by Crippen LogP contribution is 2.17. The van der Waals surface area contributed by atoms with E-state index >= 15 is 0 Å². The number of amides is 1. The van der Waals surface area contributed by atoms with E-state index in [0.717, 1.165) is 32.7 Å². The van der Waals surface area contributed by atoms with Gasteiger partial charge in [0, 0.05) is 39.3 Å². The minimum atomic E-state index is 0.111. The number of nitrogens with zero attached hydrogens (tertiary/aromatic N) is 3. The summed E-state index contributed by atoms with van der Waals surface area (Å²) in [6.07, 6.45) is 0. The molecular formula is C24H34N4O. The maximum Gasteiger partial charge on any atom is 0.234 e. The number of hydrogen-bond acceptors (Lipinski definition) is 4. The maximum atomic E-state index is 12.5. The van der Waals surface area contributed by atoms with Gasteiger partial charge in [0.2, 0.25) is 5.91 Å². The average Bonchev–Trinajstić information content (AvgIpc) is 2.72. The molecule has 0 aromatic heterocycles. The van der Waals surface area contributed by atoms with Crippen LogP contribution >= 0.6 is 0 Å². The van der Waals surface area contributed by atoms with Crippen molar-refractivity contribution in [2.75, 3.05) is 53.4 Å². The van der Waals surface area contributed by atoms with E-state index < -0.39 is 0 Å². The predicted octanol–water partition coefficient (Wildman–Crippen LogP) is 2.53. The first-order valence-corrected chi connectivity index (χ1v) is 10.5. The fraction of sp³-hybridized carbons (Fsp3) is 0.458. The standard InChI is InChI=1S/C24H34N4O/c1-20-9-7-8-12-22(20)18-27-13-15-28(16-14-27)19-24(29)25-17-23(26(2)3)21-10-5-4-6-11-21/h4-12,23H,13-19H2,1-3H3,(H,25,29). The van der Waals surface area contributed by atoms with Gasteiger partial charge in [-0.05, 0) is 37.7 Å². The molecular weight excluding hydrogens is 360 g/mol. The number of nitrogens with one attached hydrogen (secondary N) is 1. The molecule has 0 bridgehead atoms. The summed E-state index contributed by atoms with van der Waals surface area (Å²) in [6.45, 7) is 8.17. The quantitative estimate of drug-likeness (QED) is 0.747. The zero-order chi connectivity index (χ0) is 20.6. The average molecular weight is 395 g/mol. The Kier molecular flexibility index (Phi) is 7.81. The summed E-state index contributed by atoms with van der Waals surface area (Å²) in [4.78, 5) is 19.4. The Balaban J connectivity index is 1.42. The van der Waals surface area contributed by atoms with Gasteiger partial charge < -0.3 is 10.2 Å². The minimum absolute atomic E-state index is 0.111. The van der Waals surface area contributed by atoms with Crippen molar-refractivity contribution in [2.24, 2.45) is 0 Å². The van der Waals surface area contributed by atoms with E-state index in [4.69, 9.17) is 0 Å². The van der Waals surface area contributed by atoms with Crippen LogP contribution < -0.4 is 5.32 Å². The Labute approximate surface area is 175 Å². The highest BCUT2D eigenvalue weighted by atomic mass is 16.2. The number of likely N-dealkylation sites (N-methyl/N-ethyl adjacent to an activating group) is 1. The van der Waals surface area contributed by atoms with E-state index in [2.05, 4.69) is 77.4 Å². The van der Waals surface area contributed by atoms with Gasteiger partial charge in [0.1, 0.15) is 0 Å². The van der Waals surface area contributed by atoms with Crippen LogP contribution in [0.1, 0.15) is 22.7 Å². The molecule has 1 aliphatic heterocycles. The molecule has 1 aliphatic rings. The Morgan fingerprint density at radius 3 is 2.24 bits per heavy atom. The van der Waals surface area contributed by atoms with Crippen molar-refractivity contribution in [1.29, 1.82) is 0 Å². The van der Waals surface area contributed by atoms with Crippen LogP contribution in [0.25, 0.3) is 0 Å². The van der Waals surface area contributed by atoms with Crippen molar-refractivity contribution in [3.63, 3.8) is 0 Å². The second-order valence-corrected chi connectivity index (χ2v) is 8.17. The molecule has 1 heterocycles. The molecule has 1 N–H and O–H groups in total. The smallest absolute Gasteiger partial charge is 0.234 e. The lowest BCUT2D eigenvalue weighted by atomic mass is 10.1. The van der Waals surface area contributed by atoms with E-state index in [1.807, 2.05) is 18.2 Å². The summed E-state index contributed by atoms with van der Waals surface area (Å²) in [5, 5.41) is 3.13. The molecule has 2 aromatic carbocycles. The first kappa shape index (κ1) is 21.5. The van der Waals surface area contributed by atoms with Gasteiger partial charge in [-0.25, -0.2) is 0 Å². The van der Waals surface area contributed by atoms with Crippen LogP contribution in [-0.4, -0.2) is 74.0 Å². The first-order chi connectivity index (χ1) is 14.0. The third-order valence-electron chi connectivity index (χ3n) is 5.79. The molecule has 5 heteroatoms. The molecule has 1 unspecified atom stereocenters. The molecule has 3 rings (SSSR count). The van der Waals surface area contributed by atoms with Crippen molar-refractivity contribution < 1.29 is 4.79 Å². The molecule has 1 fully saturated rings. The number of piperazine rings is 1. The molecule has 0 radical (unpaired) electrons. The fourth-order valence-corrected chi connectivity index (χ4v) is 3.88. The van der Waals surface area contributed by atoms with Gasteiger partial charge in [-0.1, -0.05) is 54.6 Å². The van der Waals surface area contributed by atoms with Crippen LogP contribution in [0.4, 0.5) is 0 Å². The van der Waals surface area contributed by atoms with Crippen LogP contribution in [0.15, 0.2) is 54.6 Å². The molecule has 1 atom stereocenters. The Morgan fingerprint density at radius 2 is 1.59 bits per heavy atom. The molecule has 0 spiro atoms. The Hall–Kier alpha value is -2.21. The number of carbonyl (C=O) groups is 1. The van der Waals surface area contributed by atoms with Crippen molar-refractivity contribution >= 4 is 5.91 Å². The van der Waals surface area contributed by atoms with Crippen LogP contribution in [0.2, 0.25) is 0 Å². The van der Waals surface area contributed by atoms with Crippen molar-refractivity contribution in [1.82, 2.24) is 20.0 Å². The van der Waals surface area contributed by atoms with Crippen LogP contribution in [0, 0.1) is 6.92 Å². The largest absolute Gasteiger partial charge is 0.353 e. The van der Waals surface area contributed by atoms with E-state index in [9.17, 15) is 4.79 Å². The number of rotatable bonds is 8. The van der Waals surface area contributed by atoms with Gasteiger partial charge in [-0.2, -0.15) is 0 Å². The lowest BCUT2D eigenvalue weighted by molar-refractivity contribution is -0.122. The topological polar surface area (TPSA) is 38.8 Å². The first-order valence-electron chi connectivity index (χ1n) is 10.5. The minimum Gasteiger partial charge on any atom is -0.353 e. The van der Waals surface area contributed by atoms with Gasteiger partial charge in [0.15, 0.2) is 0 Å². The lowest BCUT2D eigenvalue weighted by Gasteiger charge is -2.34.